The first-order valence-corrected chi connectivity index (χ1v) is 12.5. The number of aromatic nitrogens is 4. The molecule has 2 aliphatic rings. The quantitative estimate of drug-likeness (QED) is 0.444. The van der Waals surface area contributed by atoms with Gasteiger partial charge in [-0.15, -0.1) is 0 Å². The largest absolute Gasteiger partial charge is 0.366 e. The van der Waals surface area contributed by atoms with E-state index in [2.05, 4.69) is 44.6 Å². The number of amides is 1. The van der Waals surface area contributed by atoms with Crippen LogP contribution >= 0.6 is 0 Å². The van der Waals surface area contributed by atoms with Gasteiger partial charge < -0.3 is 10.2 Å². The van der Waals surface area contributed by atoms with Crippen molar-refractivity contribution in [1.82, 2.24) is 24.5 Å². The molecule has 0 bridgehead atoms. The fourth-order valence-electron chi connectivity index (χ4n) is 5.31. The van der Waals surface area contributed by atoms with Gasteiger partial charge in [-0.1, -0.05) is 36.4 Å². The first-order chi connectivity index (χ1) is 17.1. The molecule has 0 atom stereocenters. The molecule has 0 radical (unpaired) electrons. The summed E-state index contributed by atoms with van der Waals surface area (Å²) >= 11 is 0. The summed E-state index contributed by atoms with van der Waals surface area (Å²) in [5.41, 5.74) is 5.01. The van der Waals surface area contributed by atoms with Crippen molar-refractivity contribution in [2.24, 2.45) is 0 Å². The molecular weight excluding hydrogens is 435 g/mol. The van der Waals surface area contributed by atoms with Gasteiger partial charge in [0, 0.05) is 55.9 Å². The summed E-state index contributed by atoms with van der Waals surface area (Å²) in [4.78, 5) is 24.8. The zero-order valence-electron chi connectivity index (χ0n) is 20.0. The number of nitrogens with one attached hydrogen (secondary N) is 1. The monoisotopic (exact) mass is 464 g/mol. The molecule has 0 unspecified atom stereocenters. The summed E-state index contributed by atoms with van der Waals surface area (Å²) in [5, 5.41) is 8.06. The van der Waals surface area contributed by atoms with Gasteiger partial charge >= 0.3 is 0 Å². The molecule has 1 saturated heterocycles. The highest BCUT2D eigenvalue weighted by Crippen LogP contribution is 2.50. The number of carbonyl (C=O) groups excluding carboxylic acids is 1. The second-order valence-electron chi connectivity index (χ2n) is 9.86. The number of pyridine rings is 1. The summed E-state index contributed by atoms with van der Waals surface area (Å²) in [7, 11) is 2.05. The minimum atomic E-state index is -0.288. The maximum absolute atomic E-state index is 13.5. The highest BCUT2D eigenvalue weighted by atomic mass is 16.2. The number of piperidine rings is 1. The Kier molecular flexibility index (Phi) is 5.51. The Morgan fingerprint density at radius 3 is 2.60 bits per heavy atom. The van der Waals surface area contributed by atoms with Crippen LogP contribution in [0.5, 0.6) is 0 Å². The Labute approximate surface area is 206 Å². The topological polar surface area (TPSA) is 75.4 Å². The van der Waals surface area contributed by atoms with E-state index in [0.717, 1.165) is 67.0 Å². The number of carbonyl (C=O) groups is 1. The molecule has 2 fully saturated rings. The number of fused-ring (bicyclic) bond motifs is 1. The molecule has 35 heavy (non-hydrogen) atoms. The van der Waals surface area contributed by atoms with Crippen LogP contribution in [0.15, 0.2) is 67.1 Å². The molecule has 1 aliphatic carbocycles. The minimum Gasteiger partial charge on any atom is -0.366 e. The summed E-state index contributed by atoms with van der Waals surface area (Å²) in [6.07, 6.45) is 9.28. The maximum Gasteiger partial charge on any atom is 0.233 e. The lowest BCUT2D eigenvalue weighted by atomic mass is 9.89. The first kappa shape index (κ1) is 21.8. The zero-order valence-corrected chi connectivity index (χ0v) is 20.0. The van der Waals surface area contributed by atoms with Gasteiger partial charge in [-0.05, 0) is 48.3 Å². The lowest BCUT2D eigenvalue weighted by Gasteiger charge is -2.34. The lowest BCUT2D eigenvalue weighted by molar-refractivity contribution is -0.135. The van der Waals surface area contributed by atoms with E-state index < -0.39 is 0 Å². The van der Waals surface area contributed by atoms with Crippen molar-refractivity contribution < 1.29 is 4.79 Å². The van der Waals surface area contributed by atoms with E-state index >= 15 is 0 Å². The Morgan fingerprint density at radius 1 is 1.09 bits per heavy atom. The Morgan fingerprint density at radius 2 is 1.89 bits per heavy atom. The molecule has 1 aromatic carbocycles. The van der Waals surface area contributed by atoms with Gasteiger partial charge in [-0.2, -0.15) is 9.61 Å². The van der Waals surface area contributed by atoms with Crippen molar-refractivity contribution in [3.63, 3.8) is 0 Å². The number of likely N-dealkylation sites (tertiary alicyclic amines) is 1. The van der Waals surface area contributed by atoms with E-state index in [0.29, 0.717) is 18.4 Å². The predicted molar refractivity (Wildman–Crippen MR) is 139 cm³/mol. The molecule has 176 valence electrons. The van der Waals surface area contributed by atoms with Crippen molar-refractivity contribution in [1.29, 1.82) is 0 Å². The fourth-order valence-corrected chi connectivity index (χ4v) is 5.31. The van der Waals surface area contributed by atoms with E-state index in [1.54, 1.807) is 6.20 Å². The predicted octanol–water partition coefficient (Wildman–Crippen LogP) is 2.43. The van der Waals surface area contributed by atoms with Crippen LogP contribution in [0.1, 0.15) is 48.4 Å². The number of benzene rings is 1. The molecule has 4 heterocycles. The second kappa shape index (κ2) is 8.84. The lowest BCUT2D eigenvalue weighted by Crippen LogP contribution is -2.43. The van der Waals surface area contributed by atoms with Crippen LogP contribution in [0.3, 0.4) is 0 Å². The van der Waals surface area contributed by atoms with E-state index in [4.69, 9.17) is 4.98 Å². The molecule has 1 N–H and O–H groups in total. The molecule has 0 spiro atoms. The van der Waals surface area contributed by atoms with Crippen LogP contribution in [0.2, 0.25) is 0 Å². The van der Waals surface area contributed by atoms with Gasteiger partial charge in [-0.25, -0.2) is 4.98 Å². The molecule has 3 aromatic heterocycles. The number of anilines is 1. The highest BCUT2D eigenvalue weighted by Gasteiger charge is 2.53. The normalized spacial score (nSPS) is 17.4. The van der Waals surface area contributed by atoms with E-state index in [9.17, 15) is 4.79 Å². The van der Waals surface area contributed by atoms with Gasteiger partial charge in [0.2, 0.25) is 5.91 Å². The molecule has 6 rings (SSSR count). The zero-order chi connectivity index (χ0) is 23.8. The third kappa shape index (κ3) is 4.07. The third-order valence-electron chi connectivity index (χ3n) is 7.55. The molecule has 7 nitrogen and oxygen atoms in total. The number of hydrogen-bond donors (Lipinski definition) is 1. The van der Waals surface area contributed by atoms with E-state index in [-0.39, 0.29) is 5.41 Å². The smallest absolute Gasteiger partial charge is 0.233 e. The van der Waals surface area contributed by atoms with Crippen molar-refractivity contribution in [3.05, 3.63) is 83.9 Å². The highest BCUT2D eigenvalue weighted by molar-refractivity contribution is 6.36. The van der Waals surface area contributed by atoms with Crippen LogP contribution in [0.4, 0.5) is 5.82 Å². The van der Waals surface area contributed by atoms with Crippen molar-refractivity contribution in [2.45, 2.75) is 43.6 Å². The number of nitrogens with zero attached hydrogens (tertiary/aromatic N) is 5. The number of rotatable bonds is 6. The van der Waals surface area contributed by atoms with E-state index in [1.807, 2.05) is 49.0 Å². The third-order valence-corrected chi connectivity index (χ3v) is 7.55. The Hall–Kier alpha value is -3.68. The van der Waals surface area contributed by atoms with Gasteiger partial charge in [0.05, 0.1) is 5.41 Å². The van der Waals surface area contributed by atoms with Crippen LogP contribution in [-0.4, -0.2) is 51.3 Å². The second-order valence-corrected chi connectivity index (χ2v) is 9.86. The van der Waals surface area contributed by atoms with E-state index in [1.165, 1.54) is 5.56 Å². The SMILES string of the molecule is Bc1cnn2c(NCc3cccnc3)cc(C3CCN(C(=O)C4(c5ccccc5)CC4)CC3)nc12. The van der Waals surface area contributed by atoms with Crippen LogP contribution in [0.25, 0.3) is 5.65 Å². The average Bonchev–Trinajstić information content (AvgIpc) is 3.65. The molecule has 1 amide bonds. The average molecular weight is 464 g/mol. The molecule has 4 aromatic rings. The summed E-state index contributed by atoms with van der Waals surface area (Å²) < 4.78 is 1.88. The van der Waals surface area contributed by atoms with Gasteiger partial charge in [0.15, 0.2) is 5.65 Å². The van der Waals surface area contributed by atoms with Gasteiger partial charge in [0.1, 0.15) is 13.7 Å². The summed E-state index contributed by atoms with van der Waals surface area (Å²) in [6.45, 7) is 2.23. The van der Waals surface area contributed by atoms with Crippen LogP contribution in [-0.2, 0) is 16.8 Å². The Bertz CT molecular complexity index is 1340. The number of hydrogen-bond acceptors (Lipinski definition) is 5. The van der Waals surface area contributed by atoms with Crippen molar-refractivity contribution >= 4 is 30.7 Å². The van der Waals surface area contributed by atoms with Crippen molar-refractivity contribution in [3.8, 4) is 0 Å². The minimum absolute atomic E-state index is 0.288. The van der Waals surface area contributed by atoms with Gasteiger partial charge in [-0.3, -0.25) is 9.78 Å². The van der Waals surface area contributed by atoms with Crippen LogP contribution in [0, 0.1) is 0 Å². The van der Waals surface area contributed by atoms with Crippen LogP contribution < -0.4 is 10.8 Å². The standard InChI is InChI=1S/C27H29BN6O/c28-22-18-31-34-24(30-17-19-5-4-12-29-16-19)15-23(32-25(22)34)20-8-13-33(14-9-20)26(35)27(10-11-27)21-6-2-1-3-7-21/h1-7,12,15-16,18,20,30H,8-11,13-14,17,28H2. The molecule has 1 saturated carbocycles. The first-order valence-electron chi connectivity index (χ1n) is 12.5. The summed E-state index contributed by atoms with van der Waals surface area (Å²) in [6, 6.07) is 16.4. The molecule has 8 heteroatoms. The Balaban J connectivity index is 1.19. The fraction of sp³-hybridized carbons (Fsp3) is 0.333. The molecule has 1 aliphatic heterocycles. The maximum atomic E-state index is 13.5. The summed E-state index contributed by atoms with van der Waals surface area (Å²) in [5.74, 6) is 1.56. The van der Waals surface area contributed by atoms with Crippen molar-refractivity contribution in [2.75, 3.05) is 18.4 Å². The van der Waals surface area contributed by atoms with Gasteiger partial charge in [0.25, 0.3) is 0 Å². The molecular formula is C27H29BN6O.